The largest absolute Gasteiger partial charge is 0.419 e. The van der Waals surface area contributed by atoms with Crippen molar-refractivity contribution in [2.75, 3.05) is 0 Å². The second kappa shape index (κ2) is 5.30. The summed E-state index contributed by atoms with van der Waals surface area (Å²) in [6, 6.07) is 4.21. The average Bonchev–Trinajstić information content (AvgIpc) is 2.80. The van der Waals surface area contributed by atoms with E-state index >= 15 is 0 Å². The van der Waals surface area contributed by atoms with E-state index < -0.39 is 23.6 Å². The van der Waals surface area contributed by atoms with Gasteiger partial charge < -0.3 is 5.73 Å². The third-order valence-corrected chi connectivity index (χ3v) is 3.50. The highest BCUT2D eigenvalue weighted by Gasteiger charge is 2.35. The topological polar surface area (TPSA) is 26.0 Å². The number of rotatable bonds is 3. The van der Waals surface area contributed by atoms with E-state index in [0.29, 0.717) is 6.42 Å². The van der Waals surface area contributed by atoms with Crippen LogP contribution in [0.15, 0.2) is 35.0 Å². The molecule has 0 saturated heterocycles. The van der Waals surface area contributed by atoms with Crippen LogP contribution in [0, 0.1) is 5.82 Å². The highest BCUT2D eigenvalue weighted by atomic mass is 32.1. The van der Waals surface area contributed by atoms with Gasteiger partial charge in [-0.05, 0) is 34.9 Å². The minimum absolute atomic E-state index is 0.110. The van der Waals surface area contributed by atoms with Crippen LogP contribution < -0.4 is 5.73 Å². The van der Waals surface area contributed by atoms with Crippen molar-refractivity contribution in [3.8, 4) is 0 Å². The van der Waals surface area contributed by atoms with E-state index in [2.05, 4.69) is 0 Å². The smallest absolute Gasteiger partial charge is 0.324 e. The monoisotopic (exact) mass is 289 g/mol. The zero-order chi connectivity index (χ0) is 14.0. The number of nitrogens with two attached hydrogens (primary N) is 1. The third kappa shape index (κ3) is 3.13. The van der Waals surface area contributed by atoms with E-state index in [1.807, 2.05) is 16.8 Å². The molecular weight excluding hydrogens is 278 g/mol. The molecule has 2 aromatic rings. The van der Waals surface area contributed by atoms with Crippen molar-refractivity contribution in [2.24, 2.45) is 5.73 Å². The quantitative estimate of drug-likeness (QED) is 0.844. The van der Waals surface area contributed by atoms with Gasteiger partial charge in [0.2, 0.25) is 0 Å². The maximum absolute atomic E-state index is 13.9. The van der Waals surface area contributed by atoms with Crippen molar-refractivity contribution in [1.82, 2.24) is 0 Å². The Kier molecular flexibility index (Phi) is 3.91. The molecule has 1 heterocycles. The molecule has 1 aromatic heterocycles. The SMILES string of the molecule is NC(Cc1ccsc1)c1cccc(C(F)(F)F)c1F. The van der Waals surface area contributed by atoms with Gasteiger partial charge in [0.05, 0.1) is 5.56 Å². The van der Waals surface area contributed by atoms with Crippen LogP contribution in [0.25, 0.3) is 0 Å². The highest BCUT2D eigenvalue weighted by Crippen LogP contribution is 2.34. The van der Waals surface area contributed by atoms with Crippen molar-refractivity contribution in [1.29, 1.82) is 0 Å². The minimum Gasteiger partial charge on any atom is -0.324 e. The molecule has 0 aliphatic carbocycles. The molecule has 0 bridgehead atoms. The Hall–Kier alpha value is -1.40. The Morgan fingerprint density at radius 1 is 1.21 bits per heavy atom. The summed E-state index contributed by atoms with van der Waals surface area (Å²) in [5, 5.41) is 3.68. The van der Waals surface area contributed by atoms with Gasteiger partial charge in [0.1, 0.15) is 5.82 Å². The van der Waals surface area contributed by atoms with Crippen LogP contribution >= 0.6 is 11.3 Å². The summed E-state index contributed by atoms with van der Waals surface area (Å²) in [5.41, 5.74) is 5.30. The fourth-order valence-electron chi connectivity index (χ4n) is 1.83. The van der Waals surface area contributed by atoms with Crippen molar-refractivity contribution in [2.45, 2.75) is 18.6 Å². The first-order chi connectivity index (χ1) is 8.89. The number of benzene rings is 1. The lowest BCUT2D eigenvalue weighted by Crippen LogP contribution is -2.18. The number of hydrogen-bond acceptors (Lipinski definition) is 2. The van der Waals surface area contributed by atoms with Crippen molar-refractivity contribution >= 4 is 11.3 Å². The molecule has 2 N–H and O–H groups in total. The van der Waals surface area contributed by atoms with Crippen LogP contribution in [0.5, 0.6) is 0 Å². The first-order valence-electron chi connectivity index (χ1n) is 5.52. The number of hydrogen-bond donors (Lipinski definition) is 1. The van der Waals surface area contributed by atoms with E-state index in [-0.39, 0.29) is 5.56 Å². The lowest BCUT2D eigenvalue weighted by molar-refractivity contribution is -0.140. The zero-order valence-electron chi connectivity index (χ0n) is 9.75. The molecule has 102 valence electrons. The Morgan fingerprint density at radius 2 is 1.95 bits per heavy atom. The summed E-state index contributed by atoms with van der Waals surface area (Å²) in [7, 11) is 0. The number of alkyl halides is 3. The van der Waals surface area contributed by atoms with Gasteiger partial charge in [0, 0.05) is 11.6 Å². The molecule has 0 radical (unpaired) electrons. The van der Waals surface area contributed by atoms with E-state index in [4.69, 9.17) is 5.73 Å². The molecular formula is C13H11F4NS. The summed E-state index contributed by atoms with van der Waals surface area (Å²) < 4.78 is 51.6. The van der Waals surface area contributed by atoms with Crippen molar-refractivity contribution in [3.05, 3.63) is 57.5 Å². The van der Waals surface area contributed by atoms with Gasteiger partial charge in [-0.2, -0.15) is 24.5 Å². The standard InChI is InChI=1S/C13H11F4NS/c14-12-9(2-1-3-10(12)13(15,16)17)11(18)6-8-4-5-19-7-8/h1-5,7,11H,6,18H2. The molecule has 0 fully saturated rings. The highest BCUT2D eigenvalue weighted by molar-refractivity contribution is 7.07. The molecule has 2 rings (SSSR count). The molecule has 0 saturated carbocycles. The van der Waals surface area contributed by atoms with Crippen LogP contribution in [0.2, 0.25) is 0 Å². The van der Waals surface area contributed by atoms with Gasteiger partial charge in [0.25, 0.3) is 0 Å². The molecule has 6 heteroatoms. The Labute approximate surface area is 111 Å². The van der Waals surface area contributed by atoms with E-state index in [1.54, 1.807) is 0 Å². The Bertz CT molecular complexity index is 548. The fourth-order valence-corrected chi connectivity index (χ4v) is 2.51. The first kappa shape index (κ1) is 14.0. The van der Waals surface area contributed by atoms with Gasteiger partial charge in [0.15, 0.2) is 0 Å². The predicted octanol–water partition coefficient (Wildman–Crippen LogP) is 4.15. The van der Waals surface area contributed by atoms with Crippen LogP contribution in [0.1, 0.15) is 22.7 Å². The lowest BCUT2D eigenvalue weighted by Gasteiger charge is -2.15. The predicted molar refractivity (Wildman–Crippen MR) is 66.4 cm³/mol. The van der Waals surface area contributed by atoms with Gasteiger partial charge in [-0.3, -0.25) is 0 Å². The number of halogens is 4. The van der Waals surface area contributed by atoms with E-state index in [0.717, 1.165) is 11.6 Å². The van der Waals surface area contributed by atoms with Crippen LogP contribution in [0.3, 0.4) is 0 Å². The zero-order valence-corrected chi connectivity index (χ0v) is 10.6. The molecule has 0 spiro atoms. The average molecular weight is 289 g/mol. The summed E-state index contributed by atoms with van der Waals surface area (Å²) in [4.78, 5) is 0. The third-order valence-electron chi connectivity index (χ3n) is 2.77. The second-order valence-electron chi connectivity index (χ2n) is 4.15. The normalized spacial score (nSPS) is 13.5. The molecule has 19 heavy (non-hydrogen) atoms. The van der Waals surface area contributed by atoms with Gasteiger partial charge in [-0.15, -0.1) is 0 Å². The molecule has 1 atom stereocenters. The van der Waals surface area contributed by atoms with Crippen LogP contribution in [-0.4, -0.2) is 0 Å². The maximum atomic E-state index is 13.9. The molecule has 0 aliphatic rings. The second-order valence-corrected chi connectivity index (χ2v) is 4.93. The molecule has 0 aliphatic heterocycles. The Balaban J connectivity index is 2.30. The van der Waals surface area contributed by atoms with E-state index in [1.165, 1.54) is 23.5 Å². The molecule has 1 aromatic carbocycles. The Morgan fingerprint density at radius 3 is 2.53 bits per heavy atom. The minimum atomic E-state index is -4.71. The first-order valence-corrected chi connectivity index (χ1v) is 6.46. The maximum Gasteiger partial charge on any atom is 0.419 e. The molecule has 0 amide bonds. The summed E-state index contributed by atoms with van der Waals surface area (Å²) in [6.07, 6.45) is -4.40. The lowest BCUT2D eigenvalue weighted by atomic mass is 9.98. The summed E-state index contributed by atoms with van der Waals surface area (Å²) in [5.74, 6) is -1.28. The van der Waals surface area contributed by atoms with E-state index in [9.17, 15) is 17.6 Å². The van der Waals surface area contributed by atoms with Crippen molar-refractivity contribution < 1.29 is 17.6 Å². The van der Waals surface area contributed by atoms with Crippen molar-refractivity contribution in [3.63, 3.8) is 0 Å². The summed E-state index contributed by atoms with van der Waals surface area (Å²) >= 11 is 1.46. The molecule has 1 unspecified atom stereocenters. The number of thiophene rings is 1. The van der Waals surface area contributed by atoms with Crippen LogP contribution in [-0.2, 0) is 12.6 Å². The van der Waals surface area contributed by atoms with Gasteiger partial charge in [-0.25, -0.2) is 4.39 Å². The summed E-state index contributed by atoms with van der Waals surface area (Å²) in [6.45, 7) is 0. The van der Waals surface area contributed by atoms with Gasteiger partial charge in [-0.1, -0.05) is 12.1 Å². The molecule has 1 nitrogen and oxygen atoms in total. The van der Waals surface area contributed by atoms with Crippen LogP contribution in [0.4, 0.5) is 17.6 Å². The van der Waals surface area contributed by atoms with Gasteiger partial charge >= 0.3 is 6.18 Å². The fraction of sp³-hybridized carbons (Fsp3) is 0.231.